The number of hydrogen-bond acceptors (Lipinski definition) is 3. The molecular weight excluding hydrogens is 289 g/mol. The lowest BCUT2D eigenvalue weighted by molar-refractivity contribution is -0.143. The summed E-state index contributed by atoms with van der Waals surface area (Å²) in [7, 11) is 0. The van der Waals surface area contributed by atoms with Crippen LogP contribution in [0.25, 0.3) is 0 Å². The number of aliphatic carboxylic acids is 1. The molecule has 0 bridgehead atoms. The van der Waals surface area contributed by atoms with Gasteiger partial charge >= 0.3 is 5.97 Å². The molecular formula is C16H20FNO4. The predicted molar refractivity (Wildman–Crippen MR) is 79.3 cm³/mol. The van der Waals surface area contributed by atoms with Gasteiger partial charge in [0.1, 0.15) is 0 Å². The van der Waals surface area contributed by atoms with Crippen molar-refractivity contribution in [2.45, 2.75) is 32.6 Å². The largest absolute Gasteiger partial charge is 0.491 e. The van der Waals surface area contributed by atoms with E-state index in [0.29, 0.717) is 38.0 Å². The minimum atomic E-state index is -0.799. The smallest absolute Gasteiger partial charge is 0.306 e. The molecule has 1 aromatic carbocycles. The van der Waals surface area contributed by atoms with Crippen LogP contribution in [-0.4, -0.2) is 23.6 Å². The molecule has 1 aliphatic rings. The fourth-order valence-electron chi connectivity index (χ4n) is 2.70. The zero-order valence-electron chi connectivity index (χ0n) is 12.5. The van der Waals surface area contributed by atoms with Crippen molar-refractivity contribution in [1.29, 1.82) is 0 Å². The van der Waals surface area contributed by atoms with E-state index in [0.717, 1.165) is 0 Å². The molecule has 1 fully saturated rings. The zero-order chi connectivity index (χ0) is 16.1. The first-order chi connectivity index (χ1) is 10.5. The third kappa shape index (κ3) is 3.96. The molecule has 0 heterocycles. The predicted octanol–water partition coefficient (Wildman–Crippen LogP) is 3.05. The molecule has 1 aromatic rings. The number of nitrogens with one attached hydrogen (secondary N) is 1. The maximum Gasteiger partial charge on any atom is 0.306 e. The van der Waals surface area contributed by atoms with E-state index in [4.69, 9.17) is 9.84 Å². The standard InChI is InChI=1S/C16H20FNO4/c1-2-22-14-8-7-12(9-13(14)17)18-15(19)10-3-5-11(6-4-10)16(20)21/h7-11H,2-6H2,1H3,(H,18,19)(H,20,21). The van der Waals surface area contributed by atoms with Gasteiger partial charge in [0.15, 0.2) is 11.6 Å². The summed E-state index contributed by atoms with van der Waals surface area (Å²) in [5.41, 5.74) is 0.381. The first kappa shape index (κ1) is 16.3. The Labute approximate surface area is 128 Å². The lowest BCUT2D eigenvalue weighted by Gasteiger charge is -2.25. The van der Waals surface area contributed by atoms with Crippen LogP contribution in [0.4, 0.5) is 10.1 Å². The minimum absolute atomic E-state index is 0.155. The fraction of sp³-hybridized carbons (Fsp3) is 0.500. The van der Waals surface area contributed by atoms with Gasteiger partial charge in [-0.2, -0.15) is 0 Å². The number of anilines is 1. The summed E-state index contributed by atoms with van der Waals surface area (Å²) >= 11 is 0. The fourth-order valence-corrected chi connectivity index (χ4v) is 2.70. The van der Waals surface area contributed by atoms with E-state index in [1.807, 2.05) is 0 Å². The Morgan fingerprint density at radius 2 is 1.91 bits per heavy atom. The molecule has 6 heteroatoms. The Morgan fingerprint density at radius 3 is 2.45 bits per heavy atom. The number of ether oxygens (including phenoxy) is 1. The Balaban J connectivity index is 1.92. The Morgan fingerprint density at radius 1 is 1.27 bits per heavy atom. The summed E-state index contributed by atoms with van der Waals surface area (Å²) in [6.45, 7) is 2.14. The van der Waals surface area contributed by atoms with Crippen molar-refractivity contribution in [2.75, 3.05) is 11.9 Å². The molecule has 2 N–H and O–H groups in total. The van der Waals surface area contributed by atoms with Crippen LogP contribution >= 0.6 is 0 Å². The Hall–Kier alpha value is -2.11. The monoisotopic (exact) mass is 309 g/mol. The molecule has 1 amide bonds. The average Bonchev–Trinajstić information content (AvgIpc) is 2.50. The van der Waals surface area contributed by atoms with Crippen molar-refractivity contribution >= 4 is 17.6 Å². The van der Waals surface area contributed by atoms with Crippen LogP contribution in [0.1, 0.15) is 32.6 Å². The van der Waals surface area contributed by atoms with Gasteiger partial charge in [0.2, 0.25) is 5.91 Å². The molecule has 0 radical (unpaired) electrons. The number of benzene rings is 1. The zero-order valence-corrected chi connectivity index (χ0v) is 12.5. The highest BCUT2D eigenvalue weighted by molar-refractivity contribution is 5.92. The van der Waals surface area contributed by atoms with Crippen LogP contribution in [0.3, 0.4) is 0 Å². The Bertz CT molecular complexity index is 553. The number of hydrogen-bond donors (Lipinski definition) is 2. The molecule has 0 aromatic heterocycles. The van der Waals surface area contributed by atoms with Crippen molar-refractivity contribution in [2.24, 2.45) is 11.8 Å². The second kappa shape index (κ2) is 7.24. The number of rotatable bonds is 5. The number of carbonyl (C=O) groups is 2. The summed E-state index contributed by atoms with van der Waals surface area (Å²) in [5.74, 6) is -1.92. The SMILES string of the molecule is CCOc1ccc(NC(=O)C2CCC(C(=O)O)CC2)cc1F. The van der Waals surface area contributed by atoms with Gasteiger partial charge in [-0.05, 0) is 44.7 Å². The number of carboxylic acids is 1. The van der Waals surface area contributed by atoms with Gasteiger partial charge in [-0.15, -0.1) is 0 Å². The normalized spacial score (nSPS) is 21.2. The van der Waals surface area contributed by atoms with Gasteiger partial charge in [0.05, 0.1) is 12.5 Å². The third-order valence-electron chi connectivity index (χ3n) is 3.95. The van der Waals surface area contributed by atoms with Crippen molar-refractivity contribution in [3.8, 4) is 5.75 Å². The van der Waals surface area contributed by atoms with E-state index in [1.165, 1.54) is 12.1 Å². The molecule has 0 atom stereocenters. The topological polar surface area (TPSA) is 75.6 Å². The molecule has 120 valence electrons. The van der Waals surface area contributed by atoms with Gasteiger partial charge in [0, 0.05) is 17.7 Å². The molecule has 1 saturated carbocycles. The van der Waals surface area contributed by atoms with Gasteiger partial charge in [0.25, 0.3) is 0 Å². The van der Waals surface area contributed by atoms with E-state index in [2.05, 4.69) is 5.32 Å². The lowest BCUT2D eigenvalue weighted by atomic mass is 9.81. The van der Waals surface area contributed by atoms with Crippen LogP contribution in [0.2, 0.25) is 0 Å². The van der Waals surface area contributed by atoms with Crippen molar-refractivity contribution < 1.29 is 23.8 Å². The molecule has 22 heavy (non-hydrogen) atoms. The number of carbonyl (C=O) groups excluding carboxylic acids is 1. The van der Waals surface area contributed by atoms with Gasteiger partial charge in [-0.3, -0.25) is 9.59 Å². The molecule has 0 unspecified atom stereocenters. The Kier molecular flexibility index (Phi) is 5.35. The highest BCUT2D eigenvalue weighted by atomic mass is 19.1. The second-order valence-electron chi connectivity index (χ2n) is 5.45. The van der Waals surface area contributed by atoms with Crippen LogP contribution in [0.5, 0.6) is 5.75 Å². The molecule has 0 spiro atoms. The van der Waals surface area contributed by atoms with Crippen LogP contribution in [0.15, 0.2) is 18.2 Å². The lowest BCUT2D eigenvalue weighted by Crippen LogP contribution is -2.29. The average molecular weight is 309 g/mol. The minimum Gasteiger partial charge on any atom is -0.491 e. The molecule has 1 aliphatic carbocycles. The molecule has 5 nitrogen and oxygen atoms in total. The van der Waals surface area contributed by atoms with E-state index in [9.17, 15) is 14.0 Å². The first-order valence-corrected chi connectivity index (χ1v) is 7.47. The maximum absolute atomic E-state index is 13.7. The third-order valence-corrected chi connectivity index (χ3v) is 3.95. The van der Waals surface area contributed by atoms with Gasteiger partial charge in [-0.25, -0.2) is 4.39 Å². The molecule has 0 aliphatic heterocycles. The van der Waals surface area contributed by atoms with E-state index >= 15 is 0 Å². The van der Waals surface area contributed by atoms with Gasteiger partial charge < -0.3 is 15.2 Å². The number of halogens is 1. The highest BCUT2D eigenvalue weighted by Crippen LogP contribution is 2.30. The van der Waals surface area contributed by atoms with Crippen molar-refractivity contribution in [3.05, 3.63) is 24.0 Å². The van der Waals surface area contributed by atoms with Crippen LogP contribution in [0, 0.1) is 17.7 Å². The van der Waals surface area contributed by atoms with Crippen LogP contribution in [-0.2, 0) is 9.59 Å². The summed E-state index contributed by atoms with van der Waals surface area (Å²) in [5, 5.41) is 11.6. The quantitative estimate of drug-likeness (QED) is 0.876. The van der Waals surface area contributed by atoms with E-state index < -0.39 is 11.8 Å². The number of carboxylic acid groups (broad SMARTS) is 1. The van der Waals surface area contributed by atoms with E-state index in [-0.39, 0.29) is 23.5 Å². The van der Waals surface area contributed by atoms with Crippen molar-refractivity contribution in [3.63, 3.8) is 0 Å². The summed E-state index contributed by atoms with van der Waals surface area (Å²) in [4.78, 5) is 23.0. The number of amides is 1. The maximum atomic E-state index is 13.7. The van der Waals surface area contributed by atoms with Crippen LogP contribution < -0.4 is 10.1 Å². The second-order valence-corrected chi connectivity index (χ2v) is 5.45. The summed E-state index contributed by atoms with van der Waals surface area (Å²) < 4.78 is 18.8. The summed E-state index contributed by atoms with van der Waals surface area (Å²) in [6, 6.07) is 4.30. The highest BCUT2D eigenvalue weighted by Gasteiger charge is 2.29. The molecule has 2 rings (SSSR count). The first-order valence-electron chi connectivity index (χ1n) is 7.47. The summed E-state index contributed by atoms with van der Waals surface area (Å²) in [6.07, 6.45) is 2.10. The molecule has 0 saturated heterocycles. The van der Waals surface area contributed by atoms with Gasteiger partial charge in [-0.1, -0.05) is 0 Å². The van der Waals surface area contributed by atoms with Crippen molar-refractivity contribution in [1.82, 2.24) is 0 Å². The van der Waals surface area contributed by atoms with E-state index in [1.54, 1.807) is 13.0 Å².